The molecule has 0 bridgehead atoms. The molecule has 8 heavy (non-hydrogen) atoms. The smallest absolute Gasteiger partial charge is 0.339 e. The molecule has 2 atom stereocenters. The molecular weight excluding hydrogens is 113 g/mol. The van der Waals surface area contributed by atoms with Gasteiger partial charge in [0.2, 0.25) is 6.17 Å². The van der Waals surface area contributed by atoms with Gasteiger partial charge in [0.25, 0.3) is 0 Å². The van der Waals surface area contributed by atoms with Crippen molar-refractivity contribution in [2.45, 2.75) is 19.1 Å². The maximum atomic E-state index is 11.9. The van der Waals surface area contributed by atoms with Crippen molar-refractivity contribution in [3.8, 4) is 0 Å². The number of hydrogen-bond donors (Lipinski definition) is 2. The second-order valence-corrected chi connectivity index (χ2v) is 1.60. The normalized spacial score (nSPS) is 17.4. The van der Waals surface area contributed by atoms with E-state index in [1.54, 1.807) is 0 Å². The van der Waals surface area contributed by atoms with Crippen LogP contribution < -0.4 is 5.73 Å². The van der Waals surface area contributed by atoms with Gasteiger partial charge in [0.15, 0.2) is 0 Å². The molecule has 0 saturated heterocycles. The van der Waals surface area contributed by atoms with E-state index in [0.29, 0.717) is 0 Å². The van der Waals surface area contributed by atoms with E-state index in [1.807, 2.05) is 0 Å². The van der Waals surface area contributed by atoms with Crippen LogP contribution in [0.4, 0.5) is 4.39 Å². The summed E-state index contributed by atoms with van der Waals surface area (Å²) in [5, 5.41) is 7.90. The second-order valence-electron chi connectivity index (χ2n) is 1.60. The van der Waals surface area contributed by atoms with Crippen molar-refractivity contribution >= 4 is 5.97 Å². The zero-order valence-electron chi connectivity index (χ0n) is 4.47. The van der Waals surface area contributed by atoms with E-state index < -0.39 is 18.2 Å². The second kappa shape index (κ2) is 2.61. The monoisotopic (exact) mass is 121 g/mol. The molecule has 0 saturated carbocycles. The van der Waals surface area contributed by atoms with Crippen LogP contribution in [0, 0.1) is 0 Å². The van der Waals surface area contributed by atoms with Crippen LogP contribution in [0.25, 0.3) is 0 Å². The molecule has 0 radical (unpaired) electrons. The van der Waals surface area contributed by atoms with Crippen molar-refractivity contribution in [2.75, 3.05) is 0 Å². The van der Waals surface area contributed by atoms with Crippen LogP contribution in [0.5, 0.6) is 0 Å². The van der Waals surface area contributed by atoms with Crippen molar-refractivity contribution in [2.24, 2.45) is 5.73 Å². The molecule has 0 unspecified atom stereocenters. The Labute approximate surface area is 46.3 Å². The molecule has 0 aliphatic carbocycles. The van der Waals surface area contributed by atoms with Gasteiger partial charge in [0.05, 0.1) is 0 Å². The van der Waals surface area contributed by atoms with Crippen LogP contribution in [-0.2, 0) is 4.79 Å². The molecule has 0 heterocycles. The molecular formula is C4H8FNO2. The third-order valence-electron chi connectivity index (χ3n) is 0.698. The van der Waals surface area contributed by atoms with Gasteiger partial charge in [-0.2, -0.15) is 0 Å². The summed E-state index contributed by atoms with van der Waals surface area (Å²) in [7, 11) is 0. The molecule has 0 aromatic carbocycles. The first-order valence-corrected chi connectivity index (χ1v) is 2.18. The van der Waals surface area contributed by atoms with Gasteiger partial charge in [-0.3, -0.25) is 0 Å². The van der Waals surface area contributed by atoms with E-state index in [-0.39, 0.29) is 0 Å². The fraction of sp³-hybridized carbons (Fsp3) is 0.750. The molecule has 0 amide bonds. The standard InChI is InChI=1S/C4H8FNO2/c1-2(6)3(5)4(7)8/h2-3H,6H2,1H3,(H,7,8)/t2-,3+/m0/s1. The van der Waals surface area contributed by atoms with Crippen LogP contribution in [0.3, 0.4) is 0 Å². The molecule has 0 spiro atoms. The Morgan fingerprint density at radius 2 is 2.25 bits per heavy atom. The topological polar surface area (TPSA) is 63.3 Å². The summed E-state index contributed by atoms with van der Waals surface area (Å²) in [4.78, 5) is 9.69. The molecule has 0 aromatic rings. The lowest BCUT2D eigenvalue weighted by Crippen LogP contribution is -2.34. The number of alkyl halides is 1. The first-order chi connectivity index (χ1) is 3.55. The van der Waals surface area contributed by atoms with Crippen molar-refractivity contribution in [3.63, 3.8) is 0 Å². The zero-order chi connectivity index (χ0) is 6.73. The van der Waals surface area contributed by atoms with Gasteiger partial charge in [-0.25, -0.2) is 9.18 Å². The van der Waals surface area contributed by atoms with E-state index >= 15 is 0 Å². The number of rotatable bonds is 2. The highest BCUT2D eigenvalue weighted by Crippen LogP contribution is 1.93. The van der Waals surface area contributed by atoms with E-state index in [2.05, 4.69) is 0 Å². The molecule has 0 aliphatic heterocycles. The molecule has 4 heteroatoms. The number of carboxylic acids is 1. The minimum absolute atomic E-state index is 0.924. The van der Waals surface area contributed by atoms with Crippen LogP contribution in [0.2, 0.25) is 0 Å². The maximum absolute atomic E-state index is 11.9. The Hall–Kier alpha value is -0.640. The van der Waals surface area contributed by atoms with Crippen molar-refractivity contribution in [1.29, 1.82) is 0 Å². The predicted molar refractivity (Wildman–Crippen MR) is 26.2 cm³/mol. The van der Waals surface area contributed by atoms with Crippen molar-refractivity contribution < 1.29 is 14.3 Å². The molecule has 3 N–H and O–H groups in total. The summed E-state index contributed by atoms with van der Waals surface area (Å²) in [6, 6.07) is -0.924. The fourth-order valence-corrected chi connectivity index (χ4v) is 0.225. The van der Waals surface area contributed by atoms with Gasteiger partial charge in [-0.15, -0.1) is 0 Å². The molecule has 3 nitrogen and oxygen atoms in total. The highest BCUT2D eigenvalue weighted by molar-refractivity contribution is 5.72. The Morgan fingerprint density at radius 1 is 1.88 bits per heavy atom. The molecule has 48 valence electrons. The summed E-state index contributed by atoms with van der Waals surface area (Å²) >= 11 is 0. The van der Waals surface area contributed by atoms with Gasteiger partial charge >= 0.3 is 5.97 Å². The van der Waals surface area contributed by atoms with E-state index in [4.69, 9.17) is 10.8 Å². The third-order valence-corrected chi connectivity index (χ3v) is 0.698. The number of aliphatic carboxylic acids is 1. The van der Waals surface area contributed by atoms with Crippen LogP contribution in [-0.4, -0.2) is 23.3 Å². The van der Waals surface area contributed by atoms with Crippen LogP contribution in [0.1, 0.15) is 6.92 Å². The predicted octanol–water partition coefficient (Wildman–Crippen LogP) is -0.244. The Kier molecular flexibility index (Phi) is 2.41. The number of nitrogens with two attached hydrogens (primary N) is 1. The number of carbonyl (C=O) groups is 1. The summed E-state index contributed by atoms with van der Waals surface area (Å²) in [6.07, 6.45) is -1.94. The molecule has 0 aliphatic rings. The van der Waals surface area contributed by atoms with Gasteiger partial charge in [-0.05, 0) is 6.92 Å². The highest BCUT2D eigenvalue weighted by Gasteiger charge is 2.19. The Balaban J connectivity index is 3.64. The summed E-state index contributed by atoms with van der Waals surface area (Å²) < 4.78 is 11.9. The number of carboxylic acid groups (broad SMARTS) is 1. The lowest BCUT2D eigenvalue weighted by Gasteiger charge is -2.04. The Morgan fingerprint density at radius 3 is 2.25 bits per heavy atom. The van der Waals surface area contributed by atoms with Crippen molar-refractivity contribution in [3.05, 3.63) is 0 Å². The minimum Gasteiger partial charge on any atom is -0.479 e. The summed E-state index contributed by atoms with van der Waals surface area (Å²) in [5.74, 6) is -1.50. The minimum atomic E-state index is -1.94. The average molecular weight is 121 g/mol. The van der Waals surface area contributed by atoms with Crippen LogP contribution in [0.15, 0.2) is 0 Å². The molecule has 0 aromatic heterocycles. The lowest BCUT2D eigenvalue weighted by molar-refractivity contribution is -0.143. The first-order valence-electron chi connectivity index (χ1n) is 2.18. The van der Waals surface area contributed by atoms with Gasteiger partial charge in [0.1, 0.15) is 0 Å². The van der Waals surface area contributed by atoms with Gasteiger partial charge < -0.3 is 10.8 Å². The van der Waals surface area contributed by atoms with Crippen LogP contribution >= 0.6 is 0 Å². The van der Waals surface area contributed by atoms with Crippen molar-refractivity contribution in [1.82, 2.24) is 0 Å². The SMILES string of the molecule is C[C@H](N)[C@@H](F)C(=O)O. The lowest BCUT2D eigenvalue weighted by atomic mass is 10.2. The summed E-state index contributed by atoms with van der Waals surface area (Å²) in [6.45, 7) is 1.30. The Bertz CT molecular complexity index is 94.0. The fourth-order valence-electron chi connectivity index (χ4n) is 0.225. The van der Waals surface area contributed by atoms with Gasteiger partial charge in [-0.1, -0.05) is 0 Å². The highest BCUT2D eigenvalue weighted by atomic mass is 19.1. The quantitative estimate of drug-likeness (QED) is 0.529. The van der Waals surface area contributed by atoms with E-state index in [1.165, 1.54) is 6.92 Å². The number of hydrogen-bond acceptors (Lipinski definition) is 2. The van der Waals surface area contributed by atoms with E-state index in [0.717, 1.165) is 0 Å². The zero-order valence-corrected chi connectivity index (χ0v) is 4.47. The van der Waals surface area contributed by atoms with E-state index in [9.17, 15) is 9.18 Å². The van der Waals surface area contributed by atoms with Gasteiger partial charge in [0, 0.05) is 6.04 Å². The molecule has 0 fully saturated rings. The first kappa shape index (κ1) is 7.36. The summed E-state index contributed by atoms with van der Waals surface area (Å²) in [5.41, 5.74) is 4.88. The average Bonchev–Trinajstić information content (AvgIpc) is 1.64. The third kappa shape index (κ3) is 1.88. The maximum Gasteiger partial charge on any atom is 0.339 e. The number of halogens is 1. The largest absolute Gasteiger partial charge is 0.479 e. The molecule has 0 rings (SSSR count).